The van der Waals surface area contributed by atoms with Crippen molar-refractivity contribution in [3.05, 3.63) is 69.3 Å². The van der Waals surface area contributed by atoms with Gasteiger partial charge in [-0.1, -0.05) is 28.1 Å². The summed E-state index contributed by atoms with van der Waals surface area (Å²) in [5, 5.41) is 7.58. The first-order valence-electron chi connectivity index (χ1n) is 6.60. The number of halogens is 2. The molecule has 0 spiro atoms. The van der Waals surface area contributed by atoms with Crippen LogP contribution in [0.3, 0.4) is 0 Å². The van der Waals surface area contributed by atoms with E-state index in [4.69, 9.17) is 4.42 Å². The Balaban J connectivity index is 1.80. The molecular weight excluding hydrogens is 412 g/mol. The van der Waals surface area contributed by atoms with Crippen LogP contribution >= 0.6 is 31.9 Å². The molecule has 1 N–H and O–H groups in total. The van der Waals surface area contributed by atoms with Crippen LogP contribution in [0.25, 0.3) is 5.70 Å². The molecule has 3 aromatic rings. The summed E-state index contributed by atoms with van der Waals surface area (Å²) in [4.78, 5) is 4.27. The molecule has 1 aromatic carbocycles. The van der Waals surface area contributed by atoms with E-state index in [9.17, 15) is 0 Å². The van der Waals surface area contributed by atoms with E-state index >= 15 is 0 Å². The first-order valence-corrected chi connectivity index (χ1v) is 8.19. The van der Waals surface area contributed by atoms with E-state index in [-0.39, 0.29) is 6.04 Å². The lowest BCUT2D eigenvalue weighted by atomic mass is 10.1. The van der Waals surface area contributed by atoms with Crippen molar-refractivity contribution in [1.29, 1.82) is 0 Å². The summed E-state index contributed by atoms with van der Waals surface area (Å²) in [5.74, 6) is 1.49. The van der Waals surface area contributed by atoms with Gasteiger partial charge in [0.1, 0.15) is 18.1 Å². The van der Waals surface area contributed by atoms with Crippen LogP contribution in [0, 0.1) is 0 Å². The van der Waals surface area contributed by atoms with Gasteiger partial charge in [-0.25, -0.2) is 4.68 Å². The Morgan fingerprint density at radius 2 is 1.91 bits per heavy atom. The van der Waals surface area contributed by atoms with Crippen molar-refractivity contribution in [2.45, 2.75) is 6.04 Å². The standard InChI is InChI=1S/C15H10Br2N4O/c16-10-3-1-9(2-4-10)11-7-12(13-5-6-14(17)22-13)21-15(20-11)18-8-19-21/h1-8,12H,(H,18,19,20)/t12-/m1/s1. The van der Waals surface area contributed by atoms with Gasteiger partial charge in [0.15, 0.2) is 4.67 Å². The van der Waals surface area contributed by atoms with Crippen molar-refractivity contribution in [3.8, 4) is 0 Å². The van der Waals surface area contributed by atoms with Gasteiger partial charge in [0, 0.05) is 10.2 Å². The third-order valence-electron chi connectivity index (χ3n) is 3.45. The largest absolute Gasteiger partial charge is 0.452 e. The van der Waals surface area contributed by atoms with Gasteiger partial charge in [0.05, 0.1) is 0 Å². The molecule has 1 aliphatic heterocycles. The molecule has 1 atom stereocenters. The molecule has 0 saturated carbocycles. The third kappa shape index (κ3) is 2.40. The maximum atomic E-state index is 5.70. The summed E-state index contributed by atoms with van der Waals surface area (Å²) in [6.45, 7) is 0. The van der Waals surface area contributed by atoms with Gasteiger partial charge in [0.2, 0.25) is 5.95 Å². The molecule has 1 aliphatic rings. The van der Waals surface area contributed by atoms with E-state index in [0.29, 0.717) is 10.6 Å². The van der Waals surface area contributed by atoms with E-state index in [0.717, 1.165) is 21.5 Å². The van der Waals surface area contributed by atoms with Crippen molar-refractivity contribution in [3.63, 3.8) is 0 Å². The maximum absolute atomic E-state index is 5.70. The van der Waals surface area contributed by atoms with Crippen molar-refractivity contribution in [2.75, 3.05) is 5.32 Å². The van der Waals surface area contributed by atoms with Crippen LogP contribution in [-0.4, -0.2) is 14.8 Å². The number of fused-ring (bicyclic) bond motifs is 1. The fraction of sp³-hybridized carbons (Fsp3) is 0.0667. The monoisotopic (exact) mass is 420 g/mol. The average Bonchev–Trinajstić information content (AvgIpc) is 3.15. The second-order valence-corrected chi connectivity index (χ2v) is 6.52. The van der Waals surface area contributed by atoms with Gasteiger partial charge in [0.25, 0.3) is 0 Å². The lowest BCUT2D eigenvalue weighted by Gasteiger charge is -2.22. The number of allylic oxidation sites excluding steroid dienone is 1. The van der Waals surface area contributed by atoms with E-state index in [1.807, 2.05) is 36.4 Å². The number of aromatic nitrogens is 3. The molecule has 4 rings (SSSR count). The van der Waals surface area contributed by atoms with Crippen LogP contribution < -0.4 is 5.32 Å². The Hall–Kier alpha value is -1.86. The predicted octanol–water partition coefficient (Wildman–Crippen LogP) is 4.45. The molecule has 110 valence electrons. The first kappa shape index (κ1) is 13.8. The lowest BCUT2D eigenvalue weighted by molar-refractivity contribution is 0.434. The first-order chi connectivity index (χ1) is 10.7. The molecule has 22 heavy (non-hydrogen) atoms. The van der Waals surface area contributed by atoms with E-state index in [2.05, 4.69) is 53.3 Å². The average molecular weight is 422 g/mol. The van der Waals surface area contributed by atoms with E-state index in [1.54, 1.807) is 4.68 Å². The number of nitrogens with one attached hydrogen (secondary N) is 1. The summed E-state index contributed by atoms with van der Waals surface area (Å²) in [6.07, 6.45) is 3.61. The number of nitrogens with zero attached hydrogens (tertiary/aromatic N) is 3. The Kier molecular flexibility index (Phi) is 3.38. The van der Waals surface area contributed by atoms with Gasteiger partial charge in [-0.2, -0.15) is 10.1 Å². The number of anilines is 1. The molecular formula is C15H10Br2N4O. The van der Waals surface area contributed by atoms with E-state index in [1.165, 1.54) is 6.33 Å². The number of rotatable bonds is 2. The molecule has 0 fully saturated rings. The predicted molar refractivity (Wildman–Crippen MR) is 90.3 cm³/mol. The Labute approximate surface area is 143 Å². The maximum Gasteiger partial charge on any atom is 0.226 e. The van der Waals surface area contributed by atoms with Crippen LogP contribution in [0.15, 0.2) is 62.4 Å². The Morgan fingerprint density at radius 3 is 2.64 bits per heavy atom. The molecule has 0 bridgehead atoms. The van der Waals surface area contributed by atoms with Crippen LogP contribution in [-0.2, 0) is 0 Å². The third-order valence-corrected chi connectivity index (χ3v) is 4.40. The van der Waals surface area contributed by atoms with Crippen LogP contribution in [0.1, 0.15) is 17.4 Å². The lowest BCUT2D eigenvalue weighted by Crippen LogP contribution is -2.19. The van der Waals surface area contributed by atoms with Crippen molar-refractivity contribution in [1.82, 2.24) is 14.8 Å². The molecule has 7 heteroatoms. The van der Waals surface area contributed by atoms with Crippen molar-refractivity contribution in [2.24, 2.45) is 0 Å². The van der Waals surface area contributed by atoms with Gasteiger partial charge in [-0.3, -0.25) is 0 Å². The minimum absolute atomic E-state index is 0.135. The van der Waals surface area contributed by atoms with Gasteiger partial charge in [-0.15, -0.1) is 0 Å². The van der Waals surface area contributed by atoms with Crippen LogP contribution in [0.2, 0.25) is 0 Å². The number of hydrogen-bond acceptors (Lipinski definition) is 4. The zero-order valence-corrected chi connectivity index (χ0v) is 14.4. The quantitative estimate of drug-likeness (QED) is 0.663. The second kappa shape index (κ2) is 5.40. The molecule has 3 heterocycles. The smallest absolute Gasteiger partial charge is 0.226 e. The number of benzene rings is 1. The van der Waals surface area contributed by atoms with Gasteiger partial charge >= 0.3 is 0 Å². The zero-order chi connectivity index (χ0) is 15.1. The zero-order valence-electron chi connectivity index (χ0n) is 11.2. The van der Waals surface area contributed by atoms with Crippen LogP contribution in [0.5, 0.6) is 0 Å². The van der Waals surface area contributed by atoms with Crippen molar-refractivity contribution < 1.29 is 4.42 Å². The fourth-order valence-corrected chi connectivity index (χ4v) is 3.00. The molecule has 2 aromatic heterocycles. The Morgan fingerprint density at radius 1 is 1.09 bits per heavy atom. The molecule has 5 nitrogen and oxygen atoms in total. The molecule has 0 radical (unpaired) electrons. The molecule has 0 saturated heterocycles. The van der Waals surface area contributed by atoms with Crippen molar-refractivity contribution >= 4 is 43.5 Å². The summed E-state index contributed by atoms with van der Waals surface area (Å²) >= 11 is 6.80. The minimum Gasteiger partial charge on any atom is -0.452 e. The molecule has 0 aliphatic carbocycles. The SMILES string of the molecule is Brc1ccc(C2=C[C@H](c3ccc(Br)o3)n3ncnc3N2)cc1. The van der Waals surface area contributed by atoms with Gasteiger partial charge in [-0.05, 0) is 51.8 Å². The number of furan rings is 1. The summed E-state index contributed by atoms with van der Waals surface area (Å²) in [7, 11) is 0. The topological polar surface area (TPSA) is 55.9 Å². The Bertz CT molecular complexity index is 851. The normalized spacial score (nSPS) is 16.8. The summed E-state index contributed by atoms with van der Waals surface area (Å²) in [6, 6.07) is 11.8. The summed E-state index contributed by atoms with van der Waals surface area (Å²) in [5.41, 5.74) is 2.05. The second-order valence-electron chi connectivity index (χ2n) is 4.83. The highest BCUT2D eigenvalue weighted by Gasteiger charge is 2.25. The fourth-order valence-electron chi connectivity index (χ4n) is 2.42. The highest BCUT2D eigenvalue weighted by molar-refractivity contribution is 9.10. The number of hydrogen-bond donors (Lipinski definition) is 1. The highest BCUT2D eigenvalue weighted by atomic mass is 79.9. The van der Waals surface area contributed by atoms with Gasteiger partial charge < -0.3 is 9.73 Å². The summed E-state index contributed by atoms with van der Waals surface area (Å²) < 4.78 is 9.24. The highest BCUT2D eigenvalue weighted by Crippen LogP contribution is 2.33. The minimum atomic E-state index is -0.135. The van der Waals surface area contributed by atoms with E-state index < -0.39 is 0 Å². The molecule has 0 amide bonds. The molecule has 0 unspecified atom stereocenters. The van der Waals surface area contributed by atoms with Crippen LogP contribution in [0.4, 0.5) is 5.95 Å².